The van der Waals surface area contributed by atoms with Crippen LogP contribution in [0.2, 0.25) is 0 Å². The Morgan fingerprint density at radius 3 is 3.33 bits per heavy atom. The van der Waals surface area contributed by atoms with Gasteiger partial charge in [0.1, 0.15) is 11.9 Å². The molecule has 1 atom stereocenters. The van der Waals surface area contributed by atoms with Crippen LogP contribution in [0.3, 0.4) is 0 Å². The highest BCUT2D eigenvalue weighted by atomic mass is 16.7. The molecule has 0 spiro atoms. The molecule has 0 aromatic rings. The largest absolute Gasteiger partial charge is 0.468 e. The highest BCUT2D eigenvalue weighted by Gasteiger charge is 2.17. The minimum absolute atomic E-state index is 0.00810. The summed E-state index contributed by atoms with van der Waals surface area (Å²) in [6.07, 6.45) is 7.77. The first-order valence-corrected chi connectivity index (χ1v) is 3.93. The smallest absolute Gasteiger partial charge is 0.190 e. The van der Waals surface area contributed by atoms with E-state index in [2.05, 4.69) is 0 Å². The molecule has 0 aromatic heterocycles. The highest BCUT2D eigenvalue weighted by Crippen LogP contribution is 2.19. The summed E-state index contributed by atoms with van der Waals surface area (Å²) in [6, 6.07) is 0. The highest BCUT2D eigenvalue weighted by molar-refractivity contribution is 5.32. The Morgan fingerprint density at radius 2 is 2.50 bits per heavy atom. The van der Waals surface area contributed by atoms with Crippen molar-refractivity contribution in [2.45, 2.75) is 6.10 Å². The van der Waals surface area contributed by atoms with Gasteiger partial charge in [0, 0.05) is 6.54 Å². The lowest BCUT2D eigenvalue weighted by molar-refractivity contribution is -0.0536. The number of hydrogen-bond donors (Lipinski definition) is 1. The van der Waals surface area contributed by atoms with Crippen molar-refractivity contribution in [3.8, 4) is 0 Å². The maximum absolute atomic E-state index is 5.56. The van der Waals surface area contributed by atoms with Crippen LogP contribution in [-0.2, 0) is 9.47 Å². The van der Waals surface area contributed by atoms with Crippen LogP contribution in [0.4, 0.5) is 0 Å². The molecule has 2 bridgehead atoms. The van der Waals surface area contributed by atoms with Crippen molar-refractivity contribution >= 4 is 0 Å². The van der Waals surface area contributed by atoms with E-state index >= 15 is 0 Å². The van der Waals surface area contributed by atoms with Gasteiger partial charge in [0.05, 0.1) is 0 Å². The Balaban J connectivity index is 2.29. The molecule has 0 aromatic carbocycles. The quantitative estimate of drug-likeness (QED) is 0.622. The van der Waals surface area contributed by atoms with Gasteiger partial charge in [-0.15, -0.1) is 0 Å². The molecule has 0 fully saturated rings. The monoisotopic (exact) mass is 165 g/mol. The second kappa shape index (κ2) is 3.13. The van der Waals surface area contributed by atoms with E-state index in [4.69, 9.17) is 15.2 Å². The fraction of sp³-hybridized carbons (Fsp3) is 0.333. The second-order valence-electron chi connectivity index (χ2n) is 2.72. The molecule has 0 amide bonds. The van der Waals surface area contributed by atoms with E-state index in [0.717, 1.165) is 11.3 Å². The van der Waals surface area contributed by atoms with Gasteiger partial charge >= 0.3 is 0 Å². The maximum Gasteiger partial charge on any atom is 0.190 e. The lowest BCUT2D eigenvalue weighted by Gasteiger charge is -2.21. The fourth-order valence-electron chi connectivity index (χ4n) is 1.28. The van der Waals surface area contributed by atoms with Gasteiger partial charge in [-0.1, -0.05) is 12.2 Å². The summed E-state index contributed by atoms with van der Waals surface area (Å²) in [7, 11) is 0. The number of ether oxygens (including phenoxy) is 2. The molecule has 3 heteroatoms. The van der Waals surface area contributed by atoms with Crippen LogP contribution in [0.15, 0.2) is 35.6 Å². The summed E-state index contributed by atoms with van der Waals surface area (Å²) in [6.45, 7) is 0.844. The number of fused-ring (bicyclic) bond motifs is 1. The minimum atomic E-state index is 0.00810. The molecule has 3 nitrogen and oxygen atoms in total. The van der Waals surface area contributed by atoms with Crippen molar-refractivity contribution in [2.24, 2.45) is 5.73 Å². The molecular weight excluding hydrogens is 154 g/mol. The van der Waals surface area contributed by atoms with Gasteiger partial charge in [-0.05, 0) is 17.7 Å². The Labute approximate surface area is 71.1 Å². The Bertz CT molecular complexity index is 266. The Kier molecular flexibility index (Phi) is 1.98. The summed E-state index contributed by atoms with van der Waals surface area (Å²) >= 11 is 0. The van der Waals surface area contributed by atoms with E-state index in [0.29, 0.717) is 13.3 Å². The first-order valence-electron chi connectivity index (χ1n) is 3.93. The first kappa shape index (κ1) is 7.58. The van der Waals surface area contributed by atoms with Crippen molar-refractivity contribution < 1.29 is 9.47 Å². The van der Waals surface area contributed by atoms with Crippen molar-refractivity contribution in [3.63, 3.8) is 0 Å². The normalized spacial score (nSPS) is 26.9. The predicted molar refractivity (Wildman–Crippen MR) is 45.2 cm³/mol. The number of nitrogens with two attached hydrogens (primary N) is 1. The molecule has 2 rings (SSSR count). The standard InChI is InChI=1S/C9H11NO2/c10-5-7-2-1-3-8-4-9(7)12-6-11-8/h1-4,9H,5-6,10H2. The molecule has 2 aliphatic rings. The Morgan fingerprint density at radius 1 is 1.58 bits per heavy atom. The first-order chi connectivity index (χ1) is 5.90. The van der Waals surface area contributed by atoms with Gasteiger partial charge in [0.2, 0.25) is 0 Å². The molecule has 1 unspecified atom stereocenters. The summed E-state index contributed by atoms with van der Waals surface area (Å²) < 4.78 is 10.5. The van der Waals surface area contributed by atoms with Crippen molar-refractivity contribution in [1.29, 1.82) is 0 Å². The van der Waals surface area contributed by atoms with E-state index in [1.165, 1.54) is 0 Å². The number of hydrogen-bond acceptors (Lipinski definition) is 3. The zero-order chi connectivity index (χ0) is 8.39. The number of rotatable bonds is 1. The van der Waals surface area contributed by atoms with Gasteiger partial charge < -0.3 is 15.2 Å². The van der Waals surface area contributed by atoms with E-state index in [1.807, 2.05) is 24.3 Å². The maximum atomic E-state index is 5.56. The third-order valence-electron chi connectivity index (χ3n) is 1.96. The van der Waals surface area contributed by atoms with E-state index in [1.54, 1.807) is 0 Å². The SMILES string of the molecule is NCC1=CC=CC2=CC1OCO2. The lowest BCUT2D eigenvalue weighted by Crippen LogP contribution is -2.23. The van der Waals surface area contributed by atoms with Crippen LogP contribution in [0.1, 0.15) is 0 Å². The van der Waals surface area contributed by atoms with Crippen LogP contribution in [-0.4, -0.2) is 19.4 Å². The molecule has 0 saturated carbocycles. The average molecular weight is 165 g/mol. The van der Waals surface area contributed by atoms with Crippen LogP contribution >= 0.6 is 0 Å². The molecule has 0 saturated heterocycles. The van der Waals surface area contributed by atoms with Gasteiger partial charge in [-0.3, -0.25) is 0 Å². The molecule has 1 heterocycles. The average Bonchev–Trinajstić information content (AvgIpc) is 2.25. The van der Waals surface area contributed by atoms with Crippen molar-refractivity contribution in [3.05, 3.63) is 35.6 Å². The molecule has 1 aliphatic carbocycles. The zero-order valence-corrected chi connectivity index (χ0v) is 6.69. The third-order valence-corrected chi connectivity index (χ3v) is 1.96. The second-order valence-corrected chi connectivity index (χ2v) is 2.72. The molecular formula is C9H11NO2. The van der Waals surface area contributed by atoms with Crippen LogP contribution in [0, 0.1) is 0 Å². The number of allylic oxidation sites excluding steroid dienone is 3. The van der Waals surface area contributed by atoms with Crippen molar-refractivity contribution in [1.82, 2.24) is 0 Å². The van der Waals surface area contributed by atoms with Gasteiger partial charge in [0.25, 0.3) is 0 Å². The summed E-state index contributed by atoms with van der Waals surface area (Å²) in [4.78, 5) is 0. The molecule has 2 N–H and O–H groups in total. The Hall–Kier alpha value is -1.06. The molecule has 64 valence electrons. The third kappa shape index (κ3) is 1.29. The predicted octanol–water partition coefficient (Wildman–Crippen LogP) is 0.698. The fourth-order valence-corrected chi connectivity index (χ4v) is 1.28. The lowest BCUT2D eigenvalue weighted by atomic mass is 10.1. The van der Waals surface area contributed by atoms with Crippen LogP contribution < -0.4 is 5.73 Å². The van der Waals surface area contributed by atoms with Crippen molar-refractivity contribution in [2.75, 3.05) is 13.3 Å². The van der Waals surface area contributed by atoms with E-state index in [9.17, 15) is 0 Å². The van der Waals surface area contributed by atoms with E-state index in [-0.39, 0.29) is 6.10 Å². The minimum Gasteiger partial charge on any atom is -0.468 e. The van der Waals surface area contributed by atoms with Crippen LogP contribution in [0.25, 0.3) is 0 Å². The summed E-state index contributed by atoms with van der Waals surface area (Å²) in [5.74, 6) is 0.867. The topological polar surface area (TPSA) is 44.5 Å². The van der Waals surface area contributed by atoms with Gasteiger partial charge in [-0.2, -0.15) is 0 Å². The van der Waals surface area contributed by atoms with E-state index < -0.39 is 0 Å². The van der Waals surface area contributed by atoms with Gasteiger partial charge in [-0.25, -0.2) is 0 Å². The molecule has 0 radical (unpaired) electrons. The van der Waals surface area contributed by atoms with Crippen LogP contribution in [0.5, 0.6) is 0 Å². The summed E-state index contributed by atoms with van der Waals surface area (Å²) in [5.41, 5.74) is 6.64. The zero-order valence-electron chi connectivity index (χ0n) is 6.69. The van der Waals surface area contributed by atoms with Gasteiger partial charge in [0.15, 0.2) is 6.79 Å². The molecule has 1 aliphatic heterocycles. The summed E-state index contributed by atoms with van der Waals surface area (Å²) in [5, 5.41) is 0. The molecule has 12 heavy (non-hydrogen) atoms.